The van der Waals surface area contributed by atoms with Gasteiger partial charge in [-0.2, -0.15) is 0 Å². The quantitative estimate of drug-likeness (QED) is 0.780. The molecule has 3 aromatic rings. The van der Waals surface area contributed by atoms with Crippen molar-refractivity contribution in [3.05, 3.63) is 52.4 Å². The monoisotopic (exact) mass is 329 g/mol. The van der Waals surface area contributed by atoms with Crippen molar-refractivity contribution < 1.29 is 9.53 Å². The number of para-hydroxylation sites is 2. The van der Waals surface area contributed by atoms with E-state index in [0.717, 1.165) is 0 Å². The Morgan fingerprint density at radius 3 is 3.00 bits per heavy atom. The second kappa shape index (κ2) is 6.62. The first-order valence-corrected chi connectivity index (χ1v) is 7.92. The van der Waals surface area contributed by atoms with E-state index in [1.165, 1.54) is 22.2 Å². The average molecular weight is 329 g/mol. The highest BCUT2D eigenvalue weighted by Gasteiger charge is 2.09. The van der Waals surface area contributed by atoms with Gasteiger partial charge < -0.3 is 10.1 Å². The normalized spacial score (nSPS) is 10.7. The summed E-state index contributed by atoms with van der Waals surface area (Å²) in [6.07, 6.45) is 1.66. The fraction of sp³-hybridized carbons (Fsp3) is 0.188. The number of thiophene rings is 1. The van der Waals surface area contributed by atoms with Gasteiger partial charge in [-0.1, -0.05) is 12.1 Å². The van der Waals surface area contributed by atoms with Gasteiger partial charge in [0.15, 0.2) is 0 Å². The summed E-state index contributed by atoms with van der Waals surface area (Å²) in [5, 5.41) is 5.20. The Bertz CT molecular complexity index is 901. The number of aryl methyl sites for hydroxylation is 1. The molecule has 0 aliphatic heterocycles. The van der Waals surface area contributed by atoms with Crippen molar-refractivity contribution in [2.75, 3.05) is 12.4 Å². The van der Waals surface area contributed by atoms with Gasteiger partial charge in [0.05, 0.1) is 24.5 Å². The molecule has 0 fully saturated rings. The third-order valence-electron chi connectivity index (χ3n) is 3.41. The molecule has 3 rings (SSSR count). The Kier molecular flexibility index (Phi) is 4.38. The van der Waals surface area contributed by atoms with Crippen molar-refractivity contribution in [2.24, 2.45) is 0 Å². The van der Waals surface area contributed by atoms with Gasteiger partial charge in [-0.15, -0.1) is 11.3 Å². The standard InChI is InChI=1S/C16H15N3O3S/c1-22-13-5-3-2-4-12(13)18-14(20)6-8-19-10-17-15-11(16(19)21)7-9-23-15/h2-5,7,9-10H,6,8H2,1H3,(H,18,20). The molecule has 0 spiro atoms. The van der Waals surface area contributed by atoms with Crippen LogP contribution in [0, 0.1) is 0 Å². The first-order chi connectivity index (χ1) is 11.2. The molecule has 0 saturated carbocycles. The molecule has 1 amide bonds. The molecule has 23 heavy (non-hydrogen) atoms. The maximum absolute atomic E-state index is 12.2. The minimum Gasteiger partial charge on any atom is -0.495 e. The number of amides is 1. The van der Waals surface area contributed by atoms with Gasteiger partial charge in [0.25, 0.3) is 5.56 Å². The Morgan fingerprint density at radius 2 is 2.17 bits per heavy atom. The predicted octanol–water partition coefficient (Wildman–Crippen LogP) is 2.50. The highest BCUT2D eigenvalue weighted by Crippen LogP contribution is 2.23. The van der Waals surface area contributed by atoms with E-state index < -0.39 is 0 Å². The number of rotatable bonds is 5. The molecule has 0 unspecified atom stereocenters. The van der Waals surface area contributed by atoms with Crippen LogP contribution in [0.25, 0.3) is 10.2 Å². The molecular weight excluding hydrogens is 314 g/mol. The number of anilines is 1. The zero-order chi connectivity index (χ0) is 16.2. The Labute approximate surface area is 136 Å². The van der Waals surface area contributed by atoms with Crippen molar-refractivity contribution in [3.63, 3.8) is 0 Å². The van der Waals surface area contributed by atoms with Crippen LogP contribution in [-0.4, -0.2) is 22.6 Å². The molecule has 1 N–H and O–H groups in total. The van der Waals surface area contributed by atoms with E-state index in [4.69, 9.17) is 4.74 Å². The van der Waals surface area contributed by atoms with Crippen LogP contribution in [0.3, 0.4) is 0 Å². The van der Waals surface area contributed by atoms with Gasteiger partial charge >= 0.3 is 0 Å². The highest BCUT2D eigenvalue weighted by molar-refractivity contribution is 7.16. The maximum atomic E-state index is 12.2. The van der Waals surface area contributed by atoms with Gasteiger partial charge in [0, 0.05) is 13.0 Å². The number of fused-ring (bicyclic) bond motifs is 1. The molecule has 1 aromatic carbocycles. The van der Waals surface area contributed by atoms with Crippen molar-refractivity contribution in [1.29, 1.82) is 0 Å². The van der Waals surface area contributed by atoms with E-state index in [1.807, 2.05) is 17.5 Å². The van der Waals surface area contributed by atoms with E-state index >= 15 is 0 Å². The molecule has 6 nitrogen and oxygen atoms in total. The Hall–Kier alpha value is -2.67. The zero-order valence-corrected chi connectivity index (χ0v) is 13.3. The van der Waals surface area contributed by atoms with Crippen LogP contribution in [0.4, 0.5) is 5.69 Å². The van der Waals surface area contributed by atoms with Gasteiger partial charge in [-0.25, -0.2) is 4.98 Å². The van der Waals surface area contributed by atoms with E-state index in [9.17, 15) is 9.59 Å². The molecule has 0 aliphatic rings. The topological polar surface area (TPSA) is 73.2 Å². The summed E-state index contributed by atoms with van der Waals surface area (Å²) in [5.74, 6) is 0.409. The third kappa shape index (κ3) is 3.24. The highest BCUT2D eigenvalue weighted by atomic mass is 32.1. The summed E-state index contributed by atoms with van der Waals surface area (Å²) in [6, 6.07) is 8.93. The second-order valence-electron chi connectivity index (χ2n) is 4.88. The third-order valence-corrected chi connectivity index (χ3v) is 4.23. The summed E-state index contributed by atoms with van der Waals surface area (Å²) in [5.41, 5.74) is 0.486. The molecule has 0 aliphatic carbocycles. The minimum atomic E-state index is -0.188. The lowest BCUT2D eigenvalue weighted by molar-refractivity contribution is -0.116. The number of nitrogens with zero attached hydrogens (tertiary/aromatic N) is 2. The molecule has 2 heterocycles. The molecule has 0 saturated heterocycles. The number of hydrogen-bond donors (Lipinski definition) is 1. The van der Waals surface area contributed by atoms with E-state index in [2.05, 4.69) is 10.3 Å². The molecule has 0 bridgehead atoms. The Balaban J connectivity index is 1.68. The maximum Gasteiger partial charge on any atom is 0.262 e. The molecular formula is C16H15N3O3S. The number of ether oxygens (including phenoxy) is 1. The number of nitrogens with one attached hydrogen (secondary N) is 1. The van der Waals surface area contributed by atoms with E-state index in [1.54, 1.807) is 25.3 Å². The van der Waals surface area contributed by atoms with Crippen LogP contribution in [0.5, 0.6) is 5.75 Å². The van der Waals surface area contributed by atoms with Crippen molar-refractivity contribution in [3.8, 4) is 5.75 Å². The molecule has 118 valence electrons. The average Bonchev–Trinajstić information content (AvgIpc) is 3.04. The molecule has 2 aromatic heterocycles. The van der Waals surface area contributed by atoms with Gasteiger partial charge in [-0.3, -0.25) is 14.2 Å². The zero-order valence-electron chi connectivity index (χ0n) is 12.5. The lowest BCUT2D eigenvalue weighted by atomic mass is 10.2. The van der Waals surface area contributed by atoms with Crippen LogP contribution in [0.1, 0.15) is 6.42 Å². The van der Waals surface area contributed by atoms with Crippen LogP contribution in [0.2, 0.25) is 0 Å². The first kappa shape index (κ1) is 15.2. The molecule has 0 atom stereocenters. The molecule has 0 radical (unpaired) electrons. The fourth-order valence-corrected chi connectivity index (χ4v) is 2.96. The van der Waals surface area contributed by atoms with E-state index in [0.29, 0.717) is 21.7 Å². The first-order valence-electron chi connectivity index (χ1n) is 7.04. The van der Waals surface area contributed by atoms with Gasteiger partial charge in [0.1, 0.15) is 10.6 Å². The number of aromatic nitrogens is 2. The number of carbonyl (C=O) groups is 1. The lowest BCUT2D eigenvalue weighted by Crippen LogP contribution is -2.23. The van der Waals surface area contributed by atoms with E-state index in [-0.39, 0.29) is 24.4 Å². The molecule has 7 heteroatoms. The summed E-state index contributed by atoms with van der Waals surface area (Å²) in [7, 11) is 1.55. The second-order valence-corrected chi connectivity index (χ2v) is 5.78. The summed E-state index contributed by atoms with van der Waals surface area (Å²) >= 11 is 1.42. The fourth-order valence-electron chi connectivity index (χ4n) is 2.24. The van der Waals surface area contributed by atoms with Crippen LogP contribution >= 0.6 is 11.3 Å². The van der Waals surface area contributed by atoms with Crippen molar-refractivity contribution >= 4 is 33.1 Å². The summed E-state index contributed by atoms with van der Waals surface area (Å²) in [6.45, 7) is 0.276. The van der Waals surface area contributed by atoms with Crippen LogP contribution in [-0.2, 0) is 11.3 Å². The number of methoxy groups -OCH3 is 1. The number of benzene rings is 1. The van der Waals surface area contributed by atoms with Crippen molar-refractivity contribution in [2.45, 2.75) is 13.0 Å². The van der Waals surface area contributed by atoms with Crippen LogP contribution < -0.4 is 15.6 Å². The SMILES string of the molecule is COc1ccccc1NC(=O)CCn1cnc2sccc2c1=O. The van der Waals surface area contributed by atoms with Crippen LogP contribution in [0.15, 0.2) is 46.8 Å². The predicted molar refractivity (Wildman–Crippen MR) is 90.1 cm³/mol. The lowest BCUT2D eigenvalue weighted by Gasteiger charge is -2.10. The minimum absolute atomic E-state index is 0.124. The number of carbonyl (C=O) groups excluding carboxylic acids is 1. The smallest absolute Gasteiger partial charge is 0.262 e. The summed E-state index contributed by atoms with van der Waals surface area (Å²) < 4.78 is 6.64. The Morgan fingerprint density at radius 1 is 1.35 bits per heavy atom. The largest absolute Gasteiger partial charge is 0.495 e. The van der Waals surface area contributed by atoms with Crippen molar-refractivity contribution in [1.82, 2.24) is 9.55 Å². The summed E-state index contributed by atoms with van der Waals surface area (Å²) in [4.78, 5) is 29.3. The van der Waals surface area contributed by atoms with Gasteiger partial charge in [-0.05, 0) is 23.6 Å². The van der Waals surface area contributed by atoms with Gasteiger partial charge in [0.2, 0.25) is 5.91 Å². The number of hydrogen-bond acceptors (Lipinski definition) is 5.